The maximum atomic E-state index is 10.9. The van der Waals surface area contributed by atoms with Crippen LogP contribution in [0.2, 0.25) is 0 Å². The number of benzene rings is 2. The van der Waals surface area contributed by atoms with Crippen LogP contribution in [0.25, 0.3) is 0 Å². The molecule has 2 rings (SSSR count). The molecule has 0 saturated heterocycles. The molecule has 0 aliphatic rings. The van der Waals surface area contributed by atoms with Crippen LogP contribution in [-0.4, -0.2) is 18.9 Å². The van der Waals surface area contributed by atoms with E-state index in [1.165, 1.54) is 0 Å². The van der Waals surface area contributed by atoms with Gasteiger partial charge in [0.05, 0.1) is 5.37 Å². The van der Waals surface area contributed by atoms with Gasteiger partial charge >= 0.3 is 0 Å². The molecule has 0 atom stereocenters. The second-order valence-electron chi connectivity index (χ2n) is 3.88. The molecule has 0 aliphatic heterocycles. The van der Waals surface area contributed by atoms with E-state index in [2.05, 4.69) is 0 Å². The Morgan fingerprint density at radius 2 is 1.22 bits per heavy atom. The molecule has 0 heterocycles. The smallest absolute Gasteiger partial charge is 0.213 e. The van der Waals surface area contributed by atoms with Crippen molar-refractivity contribution in [1.29, 1.82) is 0 Å². The standard InChI is InChI=1S/C14H12O3S/c15-14(11-18(16)17,12-7-3-1-4-8-12)13-9-5-2-6-10-13/h1-11,15H. The number of aliphatic hydroxyl groups is 1. The number of rotatable bonds is 3. The molecular weight excluding hydrogens is 248 g/mol. The second kappa shape index (κ2) is 5.16. The van der Waals surface area contributed by atoms with Crippen molar-refractivity contribution < 1.29 is 13.5 Å². The minimum atomic E-state index is -2.46. The van der Waals surface area contributed by atoms with E-state index >= 15 is 0 Å². The summed E-state index contributed by atoms with van der Waals surface area (Å²) in [6.45, 7) is 0. The van der Waals surface area contributed by atoms with Gasteiger partial charge in [-0.3, -0.25) is 0 Å². The maximum absolute atomic E-state index is 10.9. The Morgan fingerprint density at radius 3 is 1.56 bits per heavy atom. The van der Waals surface area contributed by atoms with Crippen molar-refractivity contribution in [3.05, 3.63) is 71.8 Å². The summed E-state index contributed by atoms with van der Waals surface area (Å²) in [6.07, 6.45) is 0. The summed E-state index contributed by atoms with van der Waals surface area (Å²) in [6, 6.07) is 17.4. The van der Waals surface area contributed by atoms with E-state index in [4.69, 9.17) is 0 Å². The largest absolute Gasteiger partial charge is 0.376 e. The second-order valence-corrected chi connectivity index (χ2v) is 4.63. The molecule has 2 aromatic rings. The lowest BCUT2D eigenvalue weighted by molar-refractivity contribution is 0.163. The third kappa shape index (κ3) is 2.50. The van der Waals surface area contributed by atoms with Crippen LogP contribution in [0, 0.1) is 0 Å². The lowest BCUT2D eigenvalue weighted by Crippen LogP contribution is -2.29. The van der Waals surface area contributed by atoms with Crippen LogP contribution in [0.1, 0.15) is 11.1 Å². The van der Waals surface area contributed by atoms with E-state index in [0.29, 0.717) is 11.1 Å². The van der Waals surface area contributed by atoms with Crippen molar-refractivity contribution >= 4 is 15.7 Å². The van der Waals surface area contributed by atoms with Gasteiger partial charge in [0.1, 0.15) is 5.60 Å². The summed E-state index contributed by atoms with van der Waals surface area (Å²) < 4.78 is 21.9. The quantitative estimate of drug-likeness (QED) is 0.853. The van der Waals surface area contributed by atoms with Gasteiger partial charge in [-0.15, -0.1) is 0 Å². The fraction of sp³-hybridized carbons (Fsp3) is 0.0714. The minimum Gasteiger partial charge on any atom is -0.376 e. The van der Waals surface area contributed by atoms with Crippen LogP contribution in [0.5, 0.6) is 0 Å². The Labute approximate surface area is 107 Å². The minimum absolute atomic E-state index is 0.514. The highest BCUT2D eigenvalue weighted by Crippen LogP contribution is 2.27. The van der Waals surface area contributed by atoms with Gasteiger partial charge in [0.15, 0.2) is 0 Å². The molecular formula is C14H12O3S. The third-order valence-electron chi connectivity index (χ3n) is 2.69. The first-order chi connectivity index (χ1) is 8.63. The van der Waals surface area contributed by atoms with Crippen LogP contribution >= 0.6 is 0 Å². The molecule has 0 spiro atoms. The van der Waals surface area contributed by atoms with Crippen molar-refractivity contribution in [2.24, 2.45) is 0 Å². The average molecular weight is 260 g/mol. The van der Waals surface area contributed by atoms with Crippen LogP contribution in [0.4, 0.5) is 0 Å². The predicted octanol–water partition coefficient (Wildman–Crippen LogP) is 1.60. The van der Waals surface area contributed by atoms with E-state index < -0.39 is 15.9 Å². The first-order valence-electron chi connectivity index (χ1n) is 5.40. The summed E-state index contributed by atoms with van der Waals surface area (Å²) in [5.74, 6) is 0. The van der Waals surface area contributed by atoms with Gasteiger partial charge in [-0.2, -0.15) is 8.42 Å². The first kappa shape index (κ1) is 12.5. The molecule has 0 radical (unpaired) electrons. The maximum Gasteiger partial charge on any atom is 0.213 e. The zero-order chi connectivity index (χ0) is 13.0. The Balaban J connectivity index is 2.67. The molecule has 18 heavy (non-hydrogen) atoms. The zero-order valence-electron chi connectivity index (χ0n) is 9.52. The Bertz CT molecular complexity index is 598. The molecule has 4 heteroatoms. The normalized spacial score (nSPS) is 10.9. The van der Waals surface area contributed by atoms with Gasteiger partial charge < -0.3 is 5.11 Å². The monoisotopic (exact) mass is 260 g/mol. The molecule has 0 aliphatic carbocycles. The average Bonchev–Trinajstić information content (AvgIpc) is 2.40. The fourth-order valence-electron chi connectivity index (χ4n) is 1.83. The number of hydrogen-bond acceptors (Lipinski definition) is 3. The van der Waals surface area contributed by atoms with Crippen LogP contribution in [0.15, 0.2) is 60.7 Å². The summed E-state index contributed by atoms with van der Waals surface area (Å²) in [5, 5.41) is 11.6. The van der Waals surface area contributed by atoms with E-state index in [1.54, 1.807) is 48.5 Å². The summed E-state index contributed by atoms with van der Waals surface area (Å²) in [5.41, 5.74) is -0.601. The van der Waals surface area contributed by atoms with Crippen molar-refractivity contribution in [1.82, 2.24) is 0 Å². The van der Waals surface area contributed by atoms with Gasteiger partial charge in [-0.25, -0.2) is 0 Å². The zero-order valence-corrected chi connectivity index (χ0v) is 10.3. The highest BCUT2D eigenvalue weighted by molar-refractivity contribution is 7.71. The lowest BCUT2D eigenvalue weighted by atomic mass is 9.88. The molecule has 0 fully saturated rings. The van der Waals surface area contributed by atoms with E-state index in [-0.39, 0.29) is 0 Å². The highest BCUT2D eigenvalue weighted by Gasteiger charge is 2.29. The molecule has 0 amide bonds. The van der Waals surface area contributed by atoms with Crippen molar-refractivity contribution in [2.45, 2.75) is 5.60 Å². The summed E-state index contributed by atoms with van der Waals surface area (Å²) >= 11 is 0. The molecule has 0 unspecified atom stereocenters. The lowest BCUT2D eigenvalue weighted by Gasteiger charge is -2.24. The van der Waals surface area contributed by atoms with Crippen LogP contribution < -0.4 is 0 Å². The van der Waals surface area contributed by atoms with Gasteiger partial charge in [0.2, 0.25) is 10.3 Å². The van der Waals surface area contributed by atoms with E-state index in [9.17, 15) is 13.5 Å². The van der Waals surface area contributed by atoms with Crippen LogP contribution in [0.3, 0.4) is 0 Å². The van der Waals surface area contributed by atoms with E-state index in [1.807, 2.05) is 12.1 Å². The van der Waals surface area contributed by atoms with Crippen molar-refractivity contribution in [3.63, 3.8) is 0 Å². The first-order valence-corrected chi connectivity index (χ1v) is 6.54. The van der Waals surface area contributed by atoms with Crippen LogP contribution in [-0.2, 0) is 15.9 Å². The topological polar surface area (TPSA) is 54.4 Å². The molecule has 2 aromatic carbocycles. The summed E-state index contributed by atoms with van der Waals surface area (Å²) in [7, 11) is -2.46. The Morgan fingerprint density at radius 1 is 0.833 bits per heavy atom. The Kier molecular flexibility index (Phi) is 3.60. The predicted molar refractivity (Wildman–Crippen MR) is 70.9 cm³/mol. The SMILES string of the molecule is O=S(=O)=CC(O)(c1ccccc1)c1ccccc1. The van der Waals surface area contributed by atoms with Gasteiger partial charge in [-0.1, -0.05) is 60.7 Å². The highest BCUT2D eigenvalue weighted by atomic mass is 32.2. The van der Waals surface area contributed by atoms with Gasteiger partial charge in [-0.05, 0) is 11.1 Å². The molecule has 1 N–H and O–H groups in total. The third-order valence-corrected chi connectivity index (χ3v) is 3.23. The number of hydrogen-bond donors (Lipinski definition) is 1. The Hall–Kier alpha value is -1.91. The molecule has 0 bridgehead atoms. The molecule has 3 nitrogen and oxygen atoms in total. The van der Waals surface area contributed by atoms with Crippen molar-refractivity contribution in [2.75, 3.05) is 0 Å². The summed E-state index contributed by atoms with van der Waals surface area (Å²) in [4.78, 5) is 0. The van der Waals surface area contributed by atoms with E-state index in [0.717, 1.165) is 5.37 Å². The molecule has 92 valence electrons. The fourth-order valence-corrected chi connectivity index (χ4v) is 2.38. The van der Waals surface area contributed by atoms with Gasteiger partial charge in [0.25, 0.3) is 0 Å². The van der Waals surface area contributed by atoms with Gasteiger partial charge in [0, 0.05) is 0 Å². The molecule has 0 aromatic heterocycles. The molecule has 0 saturated carbocycles. The van der Waals surface area contributed by atoms with Crippen molar-refractivity contribution in [3.8, 4) is 0 Å².